The summed E-state index contributed by atoms with van der Waals surface area (Å²) in [7, 11) is 0. The maximum Gasteiger partial charge on any atom is -0.00266 e. The van der Waals surface area contributed by atoms with Gasteiger partial charge in [0, 0.05) is 0 Å². The van der Waals surface area contributed by atoms with Crippen LogP contribution in [0.1, 0.15) is 44.7 Å². The Labute approximate surface area is 170 Å². The molecule has 0 aliphatic carbocycles. The summed E-state index contributed by atoms with van der Waals surface area (Å²) < 4.78 is 0. The zero-order chi connectivity index (χ0) is 20.1. The van der Waals surface area contributed by atoms with Crippen molar-refractivity contribution in [3.8, 4) is 11.1 Å². The molecule has 0 aliphatic heterocycles. The average molecular weight is 369 g/mol. The highest BCUT2D eigenvalue weighted by molar-refractivity contribution is 6.14. The molecule has 0 fully saturated rings. The minimum absolute atomic E-state index is 0.898. The van der Waals surface area contributed by atoms with Gasteiger partial charge in [0.2, 0.25) is 0 Å². The minimum atomic E-state index is 0.898. The lowest BCUT2D eigenvalue weighted by Gasteiger charge is -2.15. The van der Waals surface area contributed by atoms with Crippen LogP contribution in [0, 0.1) is 19.8 Å². The van der Waals surface area contributed by atoms with Crippen molar-refractivity contribution in [1.82, 2.24) is 0 Å². The quantitative estimate of drug-likeness (QED) is 0.317. The van der Waals surface area contributed by atoms with Crippen LogP contribution in [-0.2, 0) is 0 Å². The topological polar surface area (TPSA) is 0 Å². The van der Waals surface area contributed by atoms with Gasteiger partial charge in [-0.3, -0.25) is 0 Å². The van der Waals surface area contributed by atoms with E-state index >= 15 is 0 Å². The van der Waals surface area contributed by atoms with Gasteiger partial charge >= 0.3 is 0 Å². The van der Waals surface area contributed by atoms with E-state index in [-0.39, 0.29) is 0 Å². The van der Waals surface area contributed by atoms with E-state index in [2.05, 4.69) is 107 Å². The molecular weight excluding hydrogens is 336 g/mol. The van der Waals surface area contributed by atoms with Crippen LogP contribution in [0.4, 0.5) is 0 Å². The molecule has 0 saturated heterocycles. The molecule has 0 saturated carbocycles. The van der Waals surface area contributed by atoms with Crippen molar-refractivity contribution in [3.63, 3.8) is 0 Å². The van der Waals surface area contributed by atoms with Crippen LogP contribution in [0.5, 0.6) is 0 Å². The molecule has 0 radical (unpaired) electrons. The summed E-state index contributed by atoms with van der Waals surface area (Å²) in [5, 5.41) is 5.36. The van der Waals surface area contributed by atoms with Gasteiger partial charge in [0.05, 0.1) is 0 Å². The van der Waals surface area contributed by atoms with Crippen molar-refractivity contribution in [3.05, 3.63) is 83.9 Å². The average Bonchev–Trinajstić information content (AvgIpc) is 2.70. The van der Waals surface area contributed by atoms with Crippen molar-refractivity contribution in [2.45, 2.75) is 47.5 Å². The maximum absolute atomic E-state index is 2.25. The molecule has 0 unspecified atom stereocenters. The fourth-order valence-electron chi connectivity index (χ4n) is 3.96. The highest BCUT2D eigenvalue weighted by Crippen LogP contribution is 2.38. The molecule has 0 aromatic heterocycles. The second kappa shape index (κ2) is 9.06. The number of aryl methyl sites for hydroxylation is 2. The summed E-state index contributed by atoms with van der Waals surface area (Å²) >= 11 is 0. The highest BCUT2D eigenvalue weighted by Gasteiger charge is 2.12. The number of hydrogen-bond donors (Lipinski definition) is 0. The molecule has 0 amide bonds. The smallest absolute Gasteiger partial charge is 0.00266 e. The zero-order valence-corrected chi connectivity index (χ0v) is 17.9. The Hall–Kier alpha value is -2.60. The van der Waals surface area contributed by atoms with Crippen LogP contribution < -0.4 is 0 Å². The second-order valence-corrected chi connectivity index (χ2v) is 8.14. The third-order valence-corrected chi connectivity index (χ3v) is 5.41. The first kappa shape index (κ1) is 20.1. The van der Waals surface area contributed by atoms with Gasteiger partial charge in [-0.05, 0) is 58.0 Å². The summed E-state index contributed by atoms with van der Waals surface area (Å²) in [6, 6.07) is 26.3. The Bertz CT molecular complexity index is 996. The van der Waals surface area contributed by atoms with Gasteiger partial charge in [0.1, 0.15) is 0 Å². The molecule has 0 atom stereocenters. The molecule has 28 heavy (non-hydrogen) atoms. The number of fused-ring (bicyclic) bond motifs is 2. The van der Waals surface area contributed by atoms with Gasteiger partial charge in [-0.2, -0.15) is 0 Å². The normalized spacial score (nSPS) is 10.9. The van der Waals surface area contributed by atoms with Crippen molar-refractivity contribution in [2.24, 2.45) is 5.92 Å². The second-order valence-electron chi connectivity index (χ2n) is 8.14. The lowest BCUT2D eigenvalue weighted by molar-refractivity contribution is 0.576. The number of benzene rings is 4. The van der Waals surface area contributed by atoms with E-state index in [0.29, 0.717) is 0 Å². The molecule has 0 N–H and O–H groups in total. The summed E-state index contributed by atoms with van der Waals surface area (Å²) in [6.45, 7) is 11.1. The molecular formula is C28H32. The van der Waals surface area contributed by atoms with Crippen LogP contribution in [0.2, 0.25) is 0 Å². The fraction of sp³-hybridized carbons (Fsp3) is 0.286. The van der Waals surface area contributed by atoms with E-state index < -0.39 is 0 Å². The first-order valence-electron chi connectivity index (χ1n) is 10.5. The van der Waals surface area contributed by atoms with Crippen LogP contribution in [-0.4, -0.2) is 0 Å². The molecule has 0 aliphatic rings. The Balaban J connectivity index is 0.000000330. The predicted octanol–water partition coefficient (Wildman–Crippen LogP) is 8.72. The lowest BCUT2D eigenvalue weighted by atomic mass is 9.89. The summed E-state index contributed by atoms with van der Waals surface area (Å²) in [4.78, 5) is 0. The molecule has 0 heteroatoms. The van der Waals surface area contributed by atoms with E-state index in [9.17, 15) is 0 Å². The van der Waals surface area contributed by atoms with Gasteiger partial charge in [0.25, 0.3) is 0 Å². The molecule has 0 bridgehead atoms. The third-order valence-electron chi connectivity index (χ3n) is 5.41. The van der Waals surface area contributed by atoms with E-state index in [1.165, 1.54) is 56.6 Å². The Morgan fingerprint density at radius 1 is 0.643 bits per heavy atom. The van der Waals surface area contributed by atoms with Gasteiger partial charge in [-0.1, -0.05) is 112 Å². The molecule has 4 aromatic carbocycles. The summed E-state index contributed by atoms with van der Waals surface area (Å²) in [5.74, 6) is 0.898. The summed E-state index contributed by atoms with van der Waals surface area (Å²) in [6.07, 6.45) is 2.71. The van der Waals surface area contributed by atoms with Crippen molar-refractivity contribution in [1.29, 1.82) is 0 Å². The number of rotatable bonds is 3. The SMILES string of the molecule is CCCC(C)C.Cc1ccc(-c2c3ccccc3c(C)c3ccccc23)cc1. The van der Waals surface area contributed by atoms with E-state index in [4.69, 9.17) is 0 Å². The molecule has 144 valence electrons. The largest absolute Gasteiger partial charge is 0.0654 e. The van der Waals surface area contributed by atoms with E-state index in [0.717, 1.165) is 5.92 Å². The maximum atomic E-state index is 2.25. The first-order chi connectivity index (χ1) is 13.5. The molecule has 0 spiro atoms. The minimum Gasteiger partial charge on any atom is -0.0654 e. The molecule has 4 rings (SSSR count). The van der Waals surface area contributed by atoms with Crippen LogP contribution in [0.25, 0.3) is 32.7 Å². The Morgan fingerprint density at radius 3 is 1.50 bits per heavy atom. The van der Waals surface area contributed by atoms with Crippen molar-refractivity contribution in [2.75, 3.05) is 0 Å². The fourth-order valence-corrected chi connectivity index (χ4v) is 3.96. The van der Waals surface area contributed by atoms with Crippen LogP contribution >= 0.6 is 0 Å². The van der Waals surface area contributed by atoms with Crippen molar-refractivity contribution >= 4 is 21.5 Å². The summed E-state index contributed by atoms with van der Waals surface area (Å²) in [5.41, 5.74) is 5.29. The zero-order valence-electron chi connectivity index (χ0n) is 17.9. The molecule has 0 nitrogen and oxygen atoms in total. The molecule has 4 aromatic rings. The highest BCUT2D eigenvalue weighted by atomic mass is 14.2. The first-order valence-corrected chi connectivity index (χ1v) is 10.5. The number of hydrogen-bond acceptors (Lipinski definition) is 0. The lowest BCUT2D eigenvalue weighted by Crippen LogP contribution is -1.89. The van der Waals surface area contributed by atoms with E-state index in [1.54, 1.807) is 0 Å². The Kier molecular flexibility index (Phi) is 6.52. The van der Waals surface area contributed by atoms with Gasteiger partial charge in [0.15, 0.2) is 0 Å². The predicted molar refractivity (Wildman–Crippen MR) is 126 cm³/mol. The van der Waals surface area contributed by atoms with Crippen LogP contribution in [0.15, 0.2) is 72.8 Å². The van der Waals surface area contributed by atoms with Gasteiger partial charge < -0.3 is 0 Å². The van der Waals surface area contributed by atoms with Gasteiger partial charge in [-0.15, -0.1) is 0 Å². The molecule has 0 heterocycles. The van der Waals surface area contributed by atoms with E-state index in [1.807, 2.05) is 0 Å². The van der Waals surface area contributed by atoms with Crippen LogP contribution in [0.3, 0.4) is 0 Å². The van der Waals surface area contributed by atoms with Gasteiger partial charge in [-0.25, -0.2) is 0 Å². The third kappa shape index (κ3) is 4.28. The standard InChI is InChI=1S/C22H18.C6H14/c1-15-11-13-17(14-12-15)22-20-9-5-3-7-18(20)16(2)19-8-4-6-10-21(19)22;1-4-5-6(2)3/h3-14H,1-2H3;6H,4-5H2,1-3H3. The Morgan fingerprint density at radius 2 is 1.11 bits per heavy atom. The van der Waals surface area contributed by atoms with Crippen molar-refractivity contribution < 1.29 is 0 Å². The monoisotopic (exact) mass is 368 g/mol.